The lowest BCUT2D eigenvalue weighted by Gasteiger charge is -2.17. The topological polar surface area (TPSA) is 89.0 Å². The van der Waals surface area contributed by atoms with Crippen molar-refractivity contribution < 1.29 is 18.9 Å². The lowest BCUT2D eigenvalue weighted by Crippen LogP contribution is -2.12. The molecule has 0 aliphatic heterocycles. The summed E-state index contributed by atoms with van der Waals surface area (Å²) in [5, 5.41) is 0. The monoisotopic (exact) mass is 420 g/mol. The molecule has 6 nitrogen and oxygen atoms in total. The quantitative estimate of drug-likeness (QED) is 0.424. The Hall–Kier alpha value is -2.26. The van der Waals surface area contributed by atoms with Gasteiger partial charge in [-0.1, -0.05) is 36.6 Å². The first-order valence-corrected chi connectivity index (χ1v) is 9.41. The van der Waals surface area contributed by atoms with Gasteiger partial charge in [-0.05, 0) is 24.3 Å². The van der Waals surface area contributed by atoms with Crippen LogP contribution in [0.1, 0.15) is 11.1 Å². The minimum atomic E-state index is 0.295. The third kappa shape index (κ3) is 5.87. The zero-order valence-electron chi connectivity index (χ0n) is 15.9. The molecule has 0 bridgehead atoms. The first-order chi connectivity index (χ1) is 13.5. The van der Waals surface area contributed by atoms with E-state index in [0.717, 1.165) is 11.1 Å². The predicted molar refractivity (Wildman–Crippen MR) is 118 cm³/mol. The predicted octanol–water partition coefficient (Wildman–Crippen LogP) is 2.67. The molecule has 0 fully saturated rings. The minimum absolute atomic E-state index is 0.295. The fraction of sp³-hybridized carbons (Fsp3) is 0.300. The standard InChI is InChI=1S/C20H24N2O4S2/c1-23-7-9-25-17-11-13(19(21)27)3-5-15(17)16-6-4-14(20(22)28)12-18(16)26-10-8-24-2/h3-6,11-12H,7-10H2,1-2H3,(H2,21,27)(H2,22,28). The van der Waals surface area contributed by atoms with E-state index >= 15 is 0 Å². The van der Waals surface area contributed by atoms with E-state index in [1.165, 1.54) is 0 Å². The summed E-state index contributed by atoms with van der Waals surface area (Å²) in [5.41, 5.74) is 14.6. The maximum atomic E-state index is 5.91. The molecule has 2 aromatic rings. The molecular weight excluding hydrogens is 396 g/mol. The first kappa shape index (κ1) is 22.0. The molecule has 0 atom stereocenters. The fourth-order valence-electron chi connectivity index (χ4n) is 2.50. The van der Waals surface area contributed by atoms with Gasteiger partial charge in [-0.25, -0.2) is 0 Å². The SMILES string of the molecule is COCCOc1cc(C(N)=S)ccc1-c1ccc(C(N)=S)cc1OCCOC. The first-order valence-electron chi connectivity index (χ1n) is 8.59. The van der Waals surface area contributed by atoms with E-state index in [1.54, 1.807) is 14.2 Å². The zero-order valence-corrected chi connectivity index (χ0v) is 17.5. The molecular formula is C20H24N2O4S2. The van der Waals surface area contributed by atoms with Crippen molar-refractivity contribution in [2.24, 2.45) is 11.5 Å². The Morgan fingerprint density at radius 3 is 1.43 bits per heavy atom. The van der Waals surface area contributed by atoms with E-state index in [2.05, 4.69) is 0 Å². The Balaban J connectivity index is 2.50. The van der Waals surface area contributed by atoms with Crippen LogP contribution in [0.4, 0.5) is 0 Å². The number of hydrogen-bond acceptors (Lipinski definition) is 6. The van der Waals surface area contributed by atoms with Gasteiger partial charge in [0.15, 0.2) is 0 Å². The van der Waals surface area contributed by atoms with Crippen LogP contribution < -0.4 is 20.9 Å². The van der Waals surface area contributed by atoms with Crippen molar-refractivity contribution in [2.75, 3.05) is 40.6 Å². The Morgan fingerprint density at radius 2 is 1.11 bits per heavy atom. The smallest absolute Gasteiger partial charge is 0.128 e. The summed E-state index contributed by atoms with van der Waals surface area (Å²) >= 11 is 10.2. The highest BCUT2D eigenvalue weighted by Gasteiger charge is 2.15. The number of hydrogen-bond donors (Lipinski definition) is 2. The third-order valence-corrected chi connectivity index (χ3v) is 4.38. The highest BCUT2D eigenvalue weighted by molar-refractivity contribution is 7.80. The summed E-state index contributed by atoms with van der Waals surface area (Å²) in [7, 11) is 3.23. The molecule has 0 spiro atoms. The summed E-state index contributed by atoms with van der Waals surface area (Å²) in [5.74, 6) is 1.25. The molecule has 0 aliphatic carbocycles. The van der Waals surface area contributed by atoms with Crippen molar-refractivity contribution in [1.29, 1.82) is 0 Å². The summed E-state index contributed by atoms with van der Waals surface area (Å²) in [6, 6.07) is 11.1. The number of thiocarbonyl (C=S) groups is 2. The van der Waals surface area contributed by atoms with Gasteiger partial charge in [0.05, 0.1) is 13.2 Å². The maximum absolute atomic E-state index is 5.91. The Bertz CT molecular complexity index is 773. The Kier molecular flexibility index (Phi) is 8.59. The van der Waals surface area contributed by atoms with Crippen LogP contribution in [0.3, 0.4) is 0 Å². The lowest BCUT2D eigenvalue weighted by molar-refractivity contribution is 0.145. The van der Waals surface area contributed by atoms with Gasteiger partial charge in [-0.3, -0.25) is 0 Å². The average Bonchev–Trinajstić information content (AvgIpc) is 2.68. The number of ether oxygens (including phenoxy) is 4. The highest BCUT2D eigenvalue weighted by Crippen LogP contribution is 2.38. The second-order valence-electron chi connectivity index (χ2n) is 5.83. The summed E-state index contributed by atoms with van der Waals surface area (Å²) in [6.45, 7) is 1.67. The largest absolute Gasteiger partial charge is 0.491 e. The van der Waals surface area contributed by atoms with Gasteiger partial charge >= 0.3 is 0 Å². The minimum Gasteiger partial charge on any atom is -0.491 e. The van der Waals surface area contributed by atoms with Crippen LogP contribution in [0, 0.1) is 0 Å². The number of rotatable bonds is 11. The third-order valence-electron chi connectivity index (χ3n) is 3.91. The van der Waals surface area contributed by atoms with Crippen molar-refractivity contribution in [1.82, 2.24) is 0 Å². The molecule has 0 radical (unpaired) electrons. The van der Waals surface area contributed by atoms with Gasteiger partial charge < -0.3 is 30.4 Å². The van der Waals surface area contributed by atoms with Crippen LogP contribution in [0.2, 0.25) is 0 Å². The second kappa shape index (κ2) is 10.9. The zero-order chi connectivity index (χ0) is 20.5. The molecule has 0 saturated heterocycles. The van der Waals surface area contributed by atoms with Crippen LogP contribution in [-0.2, 0) is 9.47 Å². The summed E-state index contributed by atoms with van der Waals surface area (Å²) < 4.78 is 22.0. The van der Waals surface area contributed by atoms with Crippen LogP contribution in [0.25, 0.3) is 11.1 Å². The molecule has 4 N–H and O–H groups in total. The molecule has 8 heteroatoms. The van der Waals surface area contributed by atoms with Crippen LogP contribution >= 0.6 is 24.4 Å². The number of benzene rings is 2. The van der Waals surface area contributed by atoms with Gasteiger partial charge in [0, 0.05) is 36.5 Å². The van der Waals surface area contributed by atoms with Crippen molar-refractivity contribution in [2.45, 2.75) is 0 Å². The molecule has 0 aliphatic rings. The molecule has 0 aromatic heterocycles. The van der Waals surface area contributed by atoms with Gasteiger partial charge in [0.2, 0.25) is 0 Å². The lowest BCUT2D eigenvalue weighted by atomic mass is 9.99. The molecule has 0 unspecified atom stereocenters. The molecule has 28 heavy (non-hydrogen) atoms. The van der Waals surface area contributed by atoms with E-state index in [4.69, 9.17) is 54.9 Å². The Labute approximate surface area is 175 Å². The van der Waals surface area contributed by atoms with Gasteiger partial charge in [-0.15, -0.1) is 0 Å². The second-order valence-corrected chi connectivity index (χ2v) is 6.71. The molecule has 150 valence electrons. The van der Waals surface area contributed by atoms with Gasteiger partial charge in [-0.2, -0.15) is 0 Å². The number of methoxy groups -OCH3 is 2. The van der Waals surface area contributed by atoms with Crippen molar-refractivity contribution in [3.63, 3.8) is 0 Å². The van der Waals surface area contributed by atoms with Crippen LogP contribution in [-0.4, -0.2) is 50.6 Å². The number of nitrogens with two attached hydrogens (primary N) is 2. The van der Waals surface area contributed by atoms with Crippen LogP contribution in [0.15, 0.2) is 36.4 Å². The molecule has 2 aromatic carbocycles. The van der Waals surface area contributed by atoms with Crippen molar-refractivity contribution in [3.05, 3.63) is 47.5 Å². The van der Waals surface area contributed by atoms with E-state index in [1.807, 2.05) is 36.4 Å². The van der Waals surface area contributed by atoms with Crippen LogP contribution in [0.5, 0.6) is 11.5 Å². The van der Waals surface area contributed by atoms with E-state index in [-0.39, 0.29) is 0 Å². The van der Waals surface area contributed by atoms with Gasteiger partial charge in [0.1, 0.15) is 34.7 Å². The van der Waals surface area contributed by atoms with E-state index < -0.39 is 0 Å². The summed E-state index contributed by atoms with van der Waals surface area (Å²) in [4.78, 5) is 0.590. The fourth-order valence-corrected chi connectivity index (χ4v) is 2.76. The van der Waals surface area contributed by atoms with Crippen molar-refractivity contribution in [3.8, 4) is 22.6 Å². The molecule has 0 amide bonds. The highest BCUT2D eigenvalue weighted by atomic mass is 32.1. The normalized spacial score (nSPS) is 10.5. The summed E-state index contributed by atoms with van der Waals surface area (Å²) in [6.07, 6.45) is 0. The molecule has 0 heterocycles. The molecule has 0 saturated carbocycles. The molecule has 2 rings (SSSR count). The van der Waals surface area contributed by atoms with Gasteiger partial charge in [0.25, 0.3) is 0 Å². The maximum Gasteiger partial charge on any atom is 0.128 e. The van der Waals surface area contributed by atoms with E-state index in [9.17, 15) is 0 Å². The van der Waals surface area contributed by atoms with Crippen molar-refractivity contribution >= 4 is 34.4 Å². The Morgan fingerprint density at radius 1 is 0.714 bits per heavy atom. The van der Waals surface area contributed by atoms with E-state index in [0.29, 0.717) is 59.0 Å². The average molecular weight is 421 g/mol.